The number of carbonyl (C=O) groups is 1. The Balaban J connectivity index is 0.000000241. The number of hydrogen-bond acceptors (Lipinski definition) is 2. The Morgan fingerprint density at radius 3 is 1.57 bits per heavy atom. The molecule has 35 heavy (non-hydrogen) atoms. The number of nitrogens with zero attached hydrogens (tertiary/aromatic N) is 1. The molecule has 1 amide bonds. The predicted molar refractivity (Wildman–Crippen MR) is 138 cm³/mol. The summed E-state index contributed by atoms with van der Waals surface area (Å²) in [6.07, 6.45) is 0. The van der Waals surface area contributed by atoms with E-state index in [2.05, 4.69) is 106 Å². The summed E-state index contributed by atoms with van der Waals surface area (Å²) in [5.41, 5.74) is 1.57. The highest BCUT2D eigenvalue weighted by molar-refractivity contribution is 7.97. The molecule has 0 atom stereocenters. The standard InChI is InChI=1S/C22H23S.C7H11F2NO2/c1-22(2,3)18-14-16-21(17-15-18)23(19-10-6-4-7-11-19)20-12-8-5-9-13-20;1-7(8,9)6(11)10-2-4-12-5-3-10/h4-17H,1-3H3;2-5H2,1H3/q+1;. The van der Waals surface area contributed by atoms with Crippen LogP contribution in [0.5, 0.6) is 0 Å². The second-order valence-corrected chi connectivity index (χ2v) is 11.5. The summed E-state index contributed by atoms with van der Waals surface area (Å²) in [6, 6.07) is 30.7. The lowest BCUT2D eigenvalue weighted by Gasteiger charge is -2.28. The van der Waals surface area contributed by atoms with Gasteiger partial charge in [-0.2, -0.15) is 8.78 Å². The van der Waals surface area contributed by atoms with Crippen LogP contribution < -0.4 is 0 Å². The summed E-state index contributed by atoms with van der Waals surface area (Å²) >= 11 is 0. The zero-order valence-corrected chi connectivity index (χ0v) is 21.7. The number of hydrogen-bond donors (Lipinski definition) is 0. The fourth-order valence-corrected chi connectivity index (χ4v) is 5.74. The van der Waals surface area contributed by atoms with E-state index < -0.39 is 11.8 Å². The molecule has 1 aliphatic heterocycles. The molecule has 0 bridgehead atoms. The van der Waals surface area contributed by atoms with Gasteiger partial charge in [-0.15, -0.1) is 0 Å². The van der Waals surface area contributed by atoms with Crippen LogP contribution in [0.3, 0.4) is 0 Å². The van der Waals surface area contributed by atoms with Crippen molar-refractivity contribution in [3.05, 3.63) is 90.5 Å². The second-order valence-electron chi connectivity index (χ2n) is 9.50. The maximum atomic E-state index is 12.5. The number of alkyl halides is 2. The first kappa shape index (κ1) is 26.9. The van der Waals surface area contributed by atoms with Gasteiger partial charge in [0.1, 0.15) is 0 Å². The van der Waals surface area contributed by atoms with Crippen molar-refractivity contribution in [3.63, 3.8) is 0 Å². The van der Waals surface area contributed by atoms with Crippen molar-refractivity contribution in [2.45, 2.75) is 53.7 Å². The first-order chi connectivity index (χ1) is 16.6. The van der Waals surface area contributed by atoms with E-state index in [9.17, 15) is 13.6 Å². The molecule has 3 nitrogen and oxygen atoms in total. The minimum absolute atomic E-state index is 0.0497. The zero-order valence-electron chi connectivity index (χ0n) is 20.8. The van der Waals surface area contributed by atoms with Gasteiger partial charge in [0.05, 0.1) is 24.1 Å². The lowest BCUT2D eigenvalue weighted by molar-refractivity contribution is -0.158. The first-order valence-electron chi connectivity index (χ1n) is 11.8. The van der Waals surface area contributed by atoms with Crippen molar-refractivity contribution in [3.8, 4) is 0 Å². The summed E-state index contributed by atoms with van der Waals surface area (Å²) in [6.45, 7) is 8.63. The average Bonchev–Trinajstić information content (AvgIpc) is 2.85. The summed E-state index contributed by atoms with van der Waals surface area (Å²) in [5, 5.41) is 0. The minimum atomic E-state index is -3.25. The smallest absolute Gasteiger partial charge is 0.322 e. The molecule has 4 rings (SSSR count). The van der Waals surface area contributed by atoms with Crippen LogP contribution in [0.25, 0.3) is 0 Å². The molecule has 6 heteroatoms. The fraction of sp³-hybridized carbons (Fsp3) is 0.345. The fourth-order valence-electron chi connectivity index (χ4n) is 3.66. The van der Waals surface area contributed by atoms with Crippen LogP contribution in [0.15, 0.2) is 99.6 Å². The number of morpholine rings is 1. The van der Waals surface area contributed by atoms with Crippen molar-refractivity contribution in [1.82, 2.24) is 4.90 Å². The zero-order chi connectivity index (χ0) is 25.5. The molecule has 1 heterocycles. The van der Waals surface area contributed by atoms with Crippen LogP contribution in [0.2, 0.25) is 0 Å². The first-order valence-corrected chi connectivity index (χ1v) is 13.0. The molecule has 186 valence electrons. The highest BCUT2D eigenvalue weighted by Gasteiger charge is 2.37. The van der Waals surface area contributed by atoms with Gasteiger partial charge >= 0.3 is 5.92 Å². The predicted octanol–water partition coefficient (Wildman–Crippen LogP) is 6.58. The Kier molecular flexibility index (Phi) is 9.09. The van der Waals surface area contributed by atoms with Gasteiger partial charge in [0.25, 0.3) is 5.91 Å². The number of amides is 1. The van der Waals surface area contributed by atoms with Crippen molar-refractivity contribution in [1.29, 1.82) is 0 Å². The normalized spacial score (nSPS) is 14.3. The molecule has 0 unspecified atom stereocenters. The van der Waals surface area contributed by atoms with Crippen molar-refractivity contribution >= 4 is 16.8 Å². The van der Waals surface area contributed by atoms with E-state index in [1.807, 2.05) is 0 Å². The van der Waals surface area contributed by atoms with E-state index in [4.69, 9.17) is 4.74 Å². The molecular weight excluding hydrogens is 464 g/mol. The SMILES string of the molecule is CC(C)(C)c1ccc([S+](c2ccccc2)c2ccccc2)cc1.CC(F)(F)C(=O)N1CCOCC1. The lowest BCUT2D eigenvalue weighted by atomic mass is 9.87. The highest BCUT2D eigenvalue weighted by Crippen LogP contribution is 2.32. The third-order valence-corrected chi connectivity index (χ3v) is 7.82. The average molecular weight is 499 g/mol. The molecular formula is C29H34F2NO2S+. The quantitative estimate of drug-likeness (QED) is 0.380. The maximum absolute atomic E-state index is 12.5. The van der Waals surface area contributed by atoms with E-state index in [0.717, 1.165) is 4.90 Å². The van der Waals surface area contributed by atoms with Crippen molar-refractivity contribution in [2.75, 3.05) is 26.3 Å². The molecule has 1 fully saturated rings. The topological polar surface area (TPSA) is 29.5 Å². The van der Waals surface area contributed by atoms with Crippen LogP contribution in [-0.2, 0) is 25.8 Å². The Labute approximate surface area is 210 Å². The van der Waals surface area contributed by atoms with E-state index in [-0.39, 0.29) is 29.4 Å². The van der Waals surface area contributed by atoms with Gasteiger partial charge in [0.2, 0.25) is 0 Å². The number of benzene rings is 3. The molecule has 0 spiro atoms. The molecule has 0 N–H and O–H groups in total. The molecule has 3 aromatic carbocycles. The Morgan fingerprint density at radius 1 is 0.743 bits per heavy atom. The monoisotopic (exact) mass is 498 g/mol. The Bertz CT molecular complexity index is 1020. The van der Waals surface area contributed by atoms with E-state index in [1.165, 1.54) is 20.2 Å². The van der Waals surface area contributed by atoms with Gasteiger partial charge in [-0.05, 0) is 47.4 Å². The van der Waals surface area contributed by atoms with Crippen LogP contribution in [0, 0.1) is 0 Å². The molecule has 3 aromatic rings. The Hall–Kier alpha value is -2.70. The van der Waals surface area contributed by atoms with Crippen molar-refractivity contribution < 1.29 is 18.3 Å². The highest BCUT2D eigenvalue weighted by atomic mass is 32.2. The van der Waals surface area contributed by atoms with Gasteiger partial charge in [-0.1, -0.05) is 69.3 Å². The lowest BCUT2D eigenvalue weighted by Crippen LogP contribution is -2.47. The Morgan fingerprint density at radius 2 is 1.17 bits per heavy atom. The molecule has 1 saturated heterocycles. The van der Waals surface area contributed by atoms with E-state index in [0.29, 0.717) is 20.1 Å². The van der Waals surface area contributed by atoms with Gasteiger partial charge in [-0.3, -0.25) is 4.79 Å². The third kappa shape index (κ3) is 7.64. The summed E-state index contributed by atoms with van der Waals surface area (Å²) in [7, 11) is -0.0497. The largest absolute Gasteiger partial charge is 0.378 e. The van der Waals surface area contributed by atoms with Crippen LogP contribution >= 0.6 is 0 Å². The van der Waals surface area contributed by atoms with Gasteiger partial charge in [-0.25, -0.2) is 0 Å². The summed E-state index contributed by atoms with van der Waals surface area (Å²) in [4.78, 5) is 16.2. The van der Waals surface area contributed by atoms with Gasteiger partial charge < -0.3 is 9.64 Å². The summed E-state index contributed by atoms with van der Waals surface area (Å²) < 4.78 is 29.9. The number of carbonyl (C=O) groups excluding carboxylic acids is 1. The van der Waals surface area contributed by atoms with Gasteiger partial charge in [0.15, 0.2) is 14.7 Å². The summed E-state index contributed by atoms with van der Waals surface area (Å²) in [5.74, 6) is -4.36. The van der Waals surface area contributed by atoms with Crippen LogP contribution in [0.4, 0.5) is 8.78 Å². The van der Waals surface area contributed by atoms with Gasteiger partial charge in [0, 0.05) is 20.0 Å². The molecule has 1 aliphatic rings. The second kappa shape index (κ2) is 11.8. The third-order valence-electron chi connectivity index (χ3n) is 5.59. The van der Waals surface area contributed by atoms with Crippen molar-refractivity contribution in [2.24, 2.45) is 0 Å². The molecule has 0 aliphatic carbocycles. The number of ether oxygens (including phenoxy) is 1. The molecule has 0 aromatic heterocycles. The van der Waals surface area contributed by atoms with E-state index >= 15 is 0 Å². The number of halogens is 2. The molecule has 0 radical (unpaired) electrons. The van der Waals surface area contributed by atoms with Crippen LogP contribution in [0.1, 0.15) is 33.3 Å². The maximum Gasteiger partial charge on any atom is 0.322 e. The van der Waals surface area contributed by atoms with E-state index in [1.54, 1.807) is 0 Å². The molecule has 0 saturated carbocycles. The number of rotatable bonds is 4. The minimum Gasteiger partial charge on any atom is -0.378 e. The van der Waals surface area contributed by atoms with Crippen LogP contribution in [-0.4, -0.2) is 43.0 Å².